The molecule has 41 heavy (non-hydrogen) atoms. The molecule has 2 aromatic carbocycles. The molecule has 0 saturated carbocycles. The van der Waals surface area contributed by atoms with Crippen LogP contribution in [0.2, 0.25) is 0 Å². The maximum Gasteiger partial charge on any atom is 0.412 e. The van der Waals surface area contributed by atoms with E-state index < -0.39 is 17.6 Å². The Kier molecular flexibility index (Phi) is 10.8. The second kappa shape index (κ2) is 14.3. The van der Waals surface area contributed by atoms with Crippen molar-refractivity contribution in [2.24, 2.45) is 0 Å². The van der Waals surface area contributed by atoms with Crippen molar-refractivity contribution in [3.8, 4) is 0 Å². The van der Waals surface area contributed by atoms with Gasteiger partial charge in [-0.1, -0.05) is 30.3 Å². The van der Waals surface area contributed by atoms with E-state index >= 15 is 0 Å². The number of rotatable bonds is 10. The molecule has 0 bridgehead atoms. The number of amides is 4. The summed E-state index contributed by atoms with van der Waals surface area (Å²) in [6.07, 6.45) is 1.78. The number of nitrogens with one attached hydrogen (secondary N) is 3. The fourth-order valence-electron chi connectivity index (χ4n) is 3.93. The molecule has 0 aliphatic heterocycles. The summed E-state index contributed by atoms with van der Waals surface area (Å²) in [4.78, 5) is 46.5. The van der Waals surface area contributed by atoms with E-state index in [9.17, 15) is 14.4 Å². The SMILES string of the molecule is Cc1cccc(NC(=O)N(CCCN(C)C)Cc2ccc(C(=O)Nc3ccccc3NC(=O)OC(C)(C)C)nc2)c1. The third-order valence-electron chi connectivity index (χ3n) is 5.83. The maximum atomic E-state index is 13.1. The molecule has 1 heterocycles. The van der Waals surface area contributed by atoms with Gasteiger partial charge in [-0.15, -0.1) is 0 Å². The Morgan fingerprint density at radius 1 is 0.878 bits per heavy atom. The summed E-state index contributed by atoms with van der Waals surface area (Å²) in [5.41, 5.74) is 2.94. The van der Waals surface area contributed by atoms with Crippen molar-refractivity contribution in [1.29, 1.82) is 0 Å². The number of benzene rings is 2. The highest BCUT2D eigenvalue weighted by Gasteiger charge is 2.19. The summed E-state index contributed by atoms with van der Waals surface area (Å²) in [6.45, 7) is 9.03. The predicted molar refractivity (Wildman–Crippen MR) is 162 cm³/mol. The summed E-state index contributed by atoms with van der Waals surface area (Å²) in [5, 5.41) is 8.44. The van der Waals surface area contributed by atoms with Gasteiger partial charge < -0.3 is 25.2 Å². The number of urea groups is 1. The number of aromatic nitrogens is 1. The zero-order valence-electron chi connectivity index (χ0n) is 24.7. The predicted octanol–water partition coefficient (Wildman–Crippen LogP) is 5.98. The van der Waals surface area contributed by atoms with Crippen molar-refractivity contribution >= 4 is 35.1 Å². The molecule has 0 unspecified atom stereocenters. The molecule has 218 valence electrons. The molecule has 3 rings (SSSR count). The molecule has 3 N–H and O–H groups in total. The maximum absolute atomic E-state index is 13.1. The number of carbonyl (C=O) groups excluding carboxylic acids is 3. The number of pyridine rings is 1. The quantitative estimate of drug-likeness (QED) is 0.281. The van der Waals surface area contributed by atoms with Gasteiger partial charge in [-0.05, 0) is 96.2 Å². The minimum Gasteiger partial charge on any atom is -0.444 e. The smallest absolute Gasteiger partial charge is 0.412 e. The Morgan fingerprint density at radius 3 is 2.20 bits per heavy atom. The third-order valence-corrected chi connectivity index (χ3v) is 5.83. The number of nitrogens with zero attached hydrogens (tertiary/aromatic N) is 3. The molecule has 0 aliphatic carbocycles. The first-order chi connectivity index (χ1) is 19.4. The summed E-state index contributed by atoms with van der Waals surface area (Å²) in [6, 6.07) is 17.7. The van der Waals surface area contributed by atoms with Crippen LogP contribution >= 0.6 is 0 Å². The number of hydrogen-bond donors (Lipinski definition) is 3. The van der Waals surface area contributed by atoms with Crippen LogP contribution < -0.4 is 16.0 Å². The number of ether oxygens (including phenoxy) is 1. The Labute approximate surface area is 242 Å². The Balaban J connectivity index is 1.67. The minimum absolute atomic E-state index is 0.198. The van der Waals surface area contributed by atoms with Gasteiger partial charge in [0.25, 0.3) is 5.91 Å². The zero-order valence-corrected chi connectivity index (χ0v) is 24.7. The third kappa shape index (κ3) is 10.6. The zero-order chi connectivity index (χ0) is 30.0. The standard InChI is InChI=1S/C31H40N6O4/c1-22-11-9-12-24(19-22)33-29(39)37(18-10-17-36(5)6)21-23-15-16-27(32-20-23)28(38)34-25-13-7-8-14-26(25)35-30(40)41-31(2,3)4/h7-9,11-16,19-20H,10,17-18,21H2,1-6H3,(H,33,39)(H,34,38)(H,35,40). The summed E-state index contributed by atoms with van der Waals surface area (Å²) < 4.78 is 5.31. The fraction of sp³-hybridized carbons (Fsp3) is 0.355. The second-order valence-electron chi connectivity index (χ2n) is 11.1. The highest BCUT2D eigenvalue weighted by atomic mass is 16.6. The van der Waals surface area contributed by atoms with Crippen LogP contribution in [-0.2, 0) is 11.3 Å². The van der Waals surface area contributed by atoms with Crippen molar-refractivity contribution in [3.63, 3.8) is 0 Å². The molecule has 0 spiro atoms. The molecule has 0 saturated heterocycles. The molecular weight excluding hydrogens is 520 g/mol. The number of carbonyl (C=O) groups is 3. The van der Waals surface area contributed by atoms with Gasteiger partial charge in [0, 0.05) is 25.0 Å². The Hall–Kier alpha value is -4.44. The monoisotopic (exact) mass is 560 g/mol. The average Bonchev–Trinajstić information content (AvgIpc) is 2.88. The van der Waals surface area contributed by atoms with Crippen molar-refractivity contribution in [2.75, 3.05) is 43.1 Å². The van der Waals surface area contributed by atoms with Crippen LogP contribution in [0.3, 0.4) is 0 Å². The molecule has 10 nitrogen and oxygen atoms in total. The van der Waals surface area contributed by atoms with Gasteiger partial charge in [0.15, 0.2) is 0 Å². The fourth-order valence-corrected chi connectivity index (χ4v) is 3.93. The average molecular weight is 561 g/mol. The summed E-state index contributed by atoms with van der Waals surface area (Å²) >= 11 is 0. The number of aryl methyl sites for hydroxylation is 1. The molecule has 0 aliphatic rings. The lowest BCUT2D eigenvalue weighted by atomic mass is 10.2. The van der Waals surface area contributed by atoms with E-state index in [1.165, 1.54) is 0 Å². The van der Waals surface area contributed by atoms with E-state index in [2.05, 4.69) is 25.8 Å². The summed E-state index contributed by atoms with van der Waals surface area (Å²) in [7, 11) is 3.99. The molecular formula is C31H40N6O4. The first-order valence-corrected chi connectivity index (χ1v) is 13.5. The van der Waals surface area contributed by atoms with Crippen molar-refractivity contribution in [3.05, 3.63) is 83.7 Å². The highest BCUT2D eigenvalue weighted by molar-refractivity contribution is 6.05. The van der Waals surface area contributed by atoms with Crippen LogP contribution in [0.1, 0.15) is 48.8 Å². The van der Waals surface area contributed by atoms with Gasteiger partial charge in [0.1, 0.15) is 11.3 Å². The normalized spacial score (nSPS) is 11.1. The second-order valence-corrected chi connectivity index (χ2v) is 11.1. The number of para-hydroxylation sites is 2. The molecule has 1 aromatic heterocycles. The van der Waals surface area contributed by atoms with Gasteiger partial charge >= 0.3 is 12.1 Å². The molecule has 3 aromatic rings. The van der Waals surface area contributed by atoms with E-state index in [-0.39, 0.29) is 11.7 Å². The lowest BCUT2D eigenvalue weighted by molar-refractivity contribution is 0.0635. The lowest BCUT2D eigenvalue weighted by Crippen LogP contribution is -2.36. The number of hydrogen-bond acceptors (Lipinski definition) is 6. The van der Waals surface area contributed by atoms with Crippen LogP contribution in [0.25, 0.3) is 0 Å². The first-order valence-electron chi connectivity index (χ1n) is 13.5. The van der Waals surface area contributed by atoms with Crippen molar-refractivity contribution in [1.82, 2.24) is 14.8 Å². The summed E-state index contributed by atoms with van der Waals surface area (Å²) in [5.74, 6) is -0.435. The van der Waals surface area contributed by atoms with Crippen LogP contribution in [-0.4, -0.2) is 65.6 Å². The van der Waals surface area contributed by atoms with Crippen molar-refractivity contribution in [2.45, 2.75) is 46.3 Å². The molecule has 10 heteroatoms. The lowest BCUT2D eigenvalue weighted by Gasteiger charge is -2.24. The Bertz CT molecular complexity index is 1330. The molecule has 4 amide bonds. The largest absolute Gasteiger partial charge is 0.444 e. The van der Waals surface area contributed by atoms with Crippen LogP contribution in [0.15, 0.2) is 66.9 Å². The molecule has 0 atom stereocenters. The first kappa shape index (κ1) is 31.1. The van der Waals surface area contributed by atoms with Crippen LogP contribution in [0, 0.1) is 6.92 Å². The van der Waals surface area contributed by atoms with E-state index in [1.54, 1.807) is 68.3 Å². The van der Waals surface area contributed by atoms with Crippen molar-refractivity contribution < 1.29 is 19.1 Å². The molecule has 0 radical (unpaired) electrons. The van der Waals surface area contributed by atoms with Gasteiger partial charge in [-0.3, -0.25) is 15.1 Å². The van der Waals surface area contributed by atoms with E-state index in [1.807, 2.05) is 45.3 Å². The number of anilines is 3. The Morgan fingerprint density at radius 2 is 1.59 bits per heavy atom. The highest BCUT2D eigenvalue weighted by Crippen LogP contribution is 2.23. The minimum atomic E-state index is -0.656. The van der Waals surface area contributed by atoms with Gasteiger partial charge in [-0.25, -0.2) is 9.59 Å². The molecule has 0 fully saturated rings. The van der Waals surface area contributed by atoms with E-state index in [0.717, 1.165) is 29.8 Å². The van der Waals surface area contributed by atoms with E-state index in [0.29, 0.717) is 24.5 Å². The van der Waals surface area contributed by atoms with Crippen LogP contribution in [0.5, 0.6) is 0 Å². The van der Waals surface area contributed by atoms with Gasteiger partial charge in [0.2, 0.25) is 0 Å². The van der Waals surface area contributed by atoms with Gasteiger partial charge in [-0.2, -0.15) is 0 Å². The topological polar surface area (TPSA) is 116 Å². The van der Waals surface area contributed by atoms with Crippen LogP contribution in [0.4, 0.5) is 26.7 Å². The van der Waals surface area contributed by atoms with E-state index in [4.69, 9.17) is 4.74 Å². The van der Waals surface area contributed by atoms with Gasteiger partial charge in [0.05, 0.1) is 11.4 Å².